The lowest BCUT2D eigenvalue weighted by Gasteiger charge is -2.28. The molecule has 0 aromatic carbocycles. The van der Waals surface area contributed by atoms with Crippen molar-refractivity contribution in [2.24, 2.45) is 5.41 Å². The number of hydrogen-bond donors (Lipinski definition) is 3. The van der Waals surface area contributed by atoms with Crippen LogP contribution in [-0.2, 0) is 9.53 Å². The molecule has 112 valence electrons. The van der Waals surface area contributed by atoms with Gasteiger partial charge in [0, 0.05) is 7.11 Å². The normalized spacial score (nSPS) is 14.6. The molecule has 3 N–H and O–H groups in total. The van der Waals surface area contributed by atoms with Gasteiger partial charge in [0.25, 0.3) is 0 Å². The predicted octanol–water partition coefficient (Wildman–Crippen LogP) is 1.60. The average molecular weight is 274 g/mol. The zero-order valence-electron chi connectivity index (χ0n) is 12.4. The molecule has 19 heavy (non-hydrogen) atoms. The molecule has 1 unspecified atom stereocenters. The number of carboxylic acids is 1. The molecule has 0 aliphatic rings. The van der Waals surface area contributed by atoms with Crippen molar-refractivity contribution in [3.05, 3.63) is 0 Å². The van der Waals surface area contributed by atoms with E-state index in [2.05, 4.69) is 10.6 Å². The number of amides is 2. The minimum absolute atomic E-state index is 0.107. The number of methoxy groups -OCH3 is 1. The smallest absolute Gasteiger partial charge is 0.326 e. The third kappa shape index (κ3) is 7.00. The standard InChI is InChI=1S/C13H26N2O4/c1-6-7-9(8-19-5)14-12(18)15-10(11(16)17)13(2,3)4/h9-10H,6-8H2,1-5H3,(H,16,17)(H2,14,15,18)/t9?,10-/m0/s1. The van der Waals surface area contributed by atoms with Crippen LogP contribution in [0.15, 0.2) is 0 Å². The first-order valence-corrected chi connectivity index (χ1v) is 6.51. The van der Waals surface area contributed by atoms with Crippen molar-refractivity contribution in [1.29, 1.82) is 0 Å². The Morgan fingerprint density at radius 3 is 2.21 bits per heavy atom. The van der Waals surface area contributed by atoms with E-state index < -0.39 is 23.5 Å². The molecule has 0 heterocycles. The van der Waals surface area contributed by atoms with Gasteiger partial charge in [-0.3, -0.25) is 0 Å². The second-order valence-corrected chi connectivity index (χ2v) is 5.70. The Balaban J connectivity index is 4.52. The molecular weight excluding hydrogens is 248 g/mol. The monoisotopic (exact) mass is 274 g/mol. The highest BCUT2D eigenvalue weighted by Gasteiger charge is 2.32. The maximum absolute atomic E-state index is 11.8. The Labute approximate surface area is 114 Å². The largest absolute Gasteiger partial charge is 0.480 e. The van der Waals surface area contributed by atoms with Gasteiger partial charge in [-0.15, -0.1) is 0 Å². The van der Waals surface area contributed by atoms with Crippen LogP contribution in [0.1, 0.15) is 40.5 Å². The van der Waals surface area contributed by atoms with Gasteiger partial charge < -0.3 is 20.5 Å². The third-order valence-corrected chi connectivity index (χ3v) is 2.73. The highest BCUT2D eigenvalue weighted by Crippen LogP contribution is 2.19. The lowest BCUT2D eigenvalue weighted by atomic mass is 9.87. The molecule has 0 saturated carbocycles. The number of rotatable bonds is 7. The van der Waals surface area contributed by atoms with E-state index in [4.69, 9.17) is 9.84 Å². The first-order chi connectivity index (χ1) is 8.72. The molecule has 0 aliphatic carbocycles. The number of hydrogen-bond acceptors (Lipinski definition) is 3. The van der Waals surface area contributed by atoms with Crippen molar-refractivity contribution < 1.29 is 19.4 Å². The second kappa shape index (κ2) is 7.99. The molecule has 0 radical (unpaired) electrons. The van der Waals surface area contributed by atoms with Crippen LogP contribution in [0.2, 0.25) is 0 Å². The van der Waals surface area contributed by atoms with E-state index >= 15 is 0 Å². The minimum Gasteiger partial charge on any atom is -0.480 e. The lowest BCUT2D eigenvalue weighted by Crippen LogP contribution is -2.54. The first-order valence-electron chi connectivity index (χ1n) is 6.51. The SMILES string of the molecule is CCCC(COC)NC(=O)N[C@@H](C(=O)O)C(C)(C)C. The molecule has 0 fully saturated rings. The van der Waals surface area contributed by atoms with Crippen molar-refractivity contribution in [1.82, 2.24) is 10.6 Å². The molecule has 0 spiro atoms. The highest BCUT2D eigenvalue weighted by molar-refractivity contribution is 5.83. The van der Waals surface area contributed by atoms with Crippen molar-refractivity contribution in [2.75, 3.05) is 13.7 Å². The van der Waals surface area contributed by atoms with Gasteiger partial charge in [-0.2, -0.15) is 0 Å². The van der Waals surface area contributed by atoms with Crippen molar-refractivity contribution in [3.8, 4) is 0 Å². The summed E-state index contributed by atoms with van der Waals surface area (Å²) in [6, 6.07) is -1.51. The molecule has 0 aromatic rings. The maximum atomic E-state index is 11.8. The lowest BCUT2D eigenvalue weighted by molar-refractivity contribution is -0.141. The fourth-order valence-electron chi connectivity index (χ4n) is 1.75. The van der Waals surface area contributed by atoms with Gasteiger partial charge in [0.15, 0.2) is 0 Å². The fourth-order valence-corrected chi connectivity index (χ4v) is 1.75. The highest BCUT2D eigenvalue weighted by atomic mass is 16.5. The van der Waals surface area contributed by atoms with E-state index in [0.29, 0.717) is 6.61 Å². The minimum atomic E-state index is -1.04. The number of nitrogens with one attached hydrogen (secondary N) is 2. The number of carbonyl (C=O) groups excluding carboxylic acids is 1. The summed E-state index contributed by atoms with van der Waals surface area (Å²) >= 11 is 0. The van der Waals surface area contributed by atoms with Crippen LogP contribution in [0.3, 0.4) is 0 Å². The fraction of sp³-hybridized carbons (Fsp3) is 0.846. The van der Waals surface area contributed by atoms with Gasteiger partial charge in [-0.05, 0) is 11.8 Å². The van der Waals surface area contributed by atoms with Gasteiger partial charge >= 0.3 is 12.0 Å². The summed E-state index contributed by atoms with van der Waals surface area (Å²) in [7, 11) is 1.57. The Bertz CT molecular complexity index is 294. The zero-order valence-corrected chi connectivity index (χ0v) is 12.4. The van der Waals surface area contributed by atoms with Crippen LogP contribution in [-0.4, -0.2) is 42.9 Å². The van der Waals surface area contributed by atoms with Gasteiger partial charge in [-0.1, -0.05) is 34.1 Å². The van der Waals surface area contributed by atoms with Crippen molar-refractivity contribution >= 4 is 12.0 Å². The van der Waals surface area contributed by atoms with E-state index in [1.54, 1.807) is 27.9 Å². The van der Waals surface area contributed by atoms with Crippen LogP contribution in [0.4, 0.5) is 4.79 Å². The number of urea groups is 1. The van der Waals surface area contributed by atoms with E-state index in [9.17, 15) is 9.59 Å². The van der Waals surface area contributed by atoms with Crippen molar-refractivity contribution in [2.45, 2.75) is 52.6 Å². The Kier molecular flexibility index (Phi) is 7.44. The summed E-state index contributed by atoms with van der Waals surface area (Å²) in [5.74, 6) is -1.04. The summed E-state index contributed by atoms with van der Waals surface area (Å²) in [6.45, 7) is 7.73. The molecule has 2 amide bonds. The van der Waals surface area contributed by atoms with Crippen LogP contribution in [0, 0.1) is 5.41 Å². The van der Waals surface area contributed by atoms with E-state index in [-0.39, 0.29) is 6.04 Å². The Morgan fingerprint density at radius 1 is 1.26 bits per heavy atom. The zero-order chi connectivity index (χ0) is 15.1. The molecule has 6 heteroatoms. The van der Waals surface area contributed by atoms with Crippen molar-refractivity contribution in [3.63, 3.8) is 0 Å². The van der Waals surface area contributed by atoms with E-state index in [1.807, 2.05) is 6.92 Å². The van der Waals surface area contributed by atoms with Gasteiger partial charge in [0.2, 0.25) is 0 Å². The molecular formula is C13H26N2O4. The number of carbonyl (C=O) groups is 2. The average Bonchev–Trinajstić information content (AvgIpc) is 2.24. The Hall–Kier alpha value is -1.30. The molecule has 0 bridgehead atoms. The molecule has 0 rings (SSSR count). The maximum Gasteiger partial charge on any atom is 0.326 e. The van der Waals surface area contributed by atoms with Gasteiger partial charge in [0.05, 0.1) is 12.6 Å². The molecule has 0 aliphatic heterocycles. The molecule has 2 atom stereocenters. The van der Waals surface area contributed by atoms with Crippen LogP contribution in [0.25, 0.3) is 0 Å². The molecule has 0 saturated heterocycles. The quantitative estimate of drug-likeness (QED) is 0.658. The first kappa shape index (κ1) is 17.7. The van der Waals surface area contributed by atoms with Crippen LogP contribution >= 0.6 is 0 Å². The Morgan fingerprint density at radius 2 is 1.84 bits per heavy atom. The summed E-state index contributed by atoms with van der Waals surface area (Å²) in [4.78, 5) is 23.0. The number of carboxylic acid groups (broad SMARTS) is 1. The number of aliphatic carboxylic acids is 1. The van der Waals surface area contributed by atoms with Crippen LogP contribution < -0.4 is 10.6 Å². The summed E-state index contributed by atoms with van der Waals surface area (Å²) in [6.07, 6.45) is 1.70. The summed E-state index contributed by atoms with van der Waals surface area (Å²) < 4.78 is 5.02. The second-order valence-electron chi connectivity index (χ2n) is 5.70. The summed E-state index contributed by atoms with van der Waals surface area (Å²) in [5.41, 5.74) is -0.551. The van der Waals surface area contributed by atoms with Gasteiger partial charge in [-0.25, -0.2) is 9.59 Å². The van der Waals surface area contributed by atoms with Gasteiger partial charge in [0.1, 0.15) is 6.04 Å². The molecule has 0 aromatic heterocycles. The third-order valence-electron chi connectivity index (χ3n) is 2.73. The predicted molar refractivity (Wildman–Crippen MR) is 73.1 cm³/mol. The van der Waals surface area contributed by atoms with Crippen LogP contribution in [0.5, 0.6) is 0 Å². The summed E-state index contributed by atoms with van der Waals surface area (Å²) in [5, 5.41) is 14.4. The van der Waals surface area contributed by atoms with E-state index in [0.717, 1.165) is 12.8 Å². The van der Waals surface area contributed by atoms with E-state index in [1.165, 1.54) is 0 Å². The topological polar surface area (TPSA) is 87.7 Å². The number of ether oxygens (including phenoxy) is 1. The molecule has 6 nitrogen and oxygen atoms in total.